The third-order valence-corrected chi connectivity index (χ3v) is 8.47. The van der Waals surface area contributed by atoms with Crippen molar-refractivity contribution in [3.8, 4) is 11.5 Å². The Balaban J connectivity index is 1.24. The highest BCUT2D eigenvalue weighted by Crippen LogP contribution is 2.48. The van der Waals surface area contributed by atoms with Gasteiger partial charge in [0.05, 0.1) is 26.2 Å². The maximum atomic E-state index is 14.0. The van der Waals surface area contributed by atoms with Crippen molar-refractivity contribution in [2.75, 3.05) is 40.4 Å². The van der Waals surface area contributed by atoms with Crippen molar-refractivity contribution in [1.82, 2.24) is 15.1 Å². The molecule has 2 amide bonds. The molecule has 2 atom stereocenters. The predicted molar refractivity (Wildman–Crippen MR) is 149 cm³/mol. The van der Waals surface area contributed by atoms with E-state index in [1.165, 1.54) is 16.7 Å². The lowest BCUT2D eigenvalue weighted by atomic mass is 9.75. The van der Waals surface area contributed by atoms with Crippen molar-refractivity contribution in [3.63, 3.8) is 0 Å². The van der Waals surface area contributed by atoms with E-state index in [2.05, 4.69) is 46.6 Å². The molecule has 202 valence electrons. The van der Waals surface area contributed by atoms with E-state index in [-0.39, 0.29) is 17.9 Å². The van der Waals surface area contributed by atoms with Gasteiger partial charge in [-0.3, -0.25) is 14.5 Å². The molecule has 0 aliphatic carbocycles. The number of amides is 2. The molecule has 0 fully saturated rings. The second-order valence-electron chi connectivity index (χ2n) is 10.6. The van der Waals surface area contributed by atoms with Crippen LogP contribution >= 0.6 is 0 Å². The average molecular weight is 526 g/mol. The van der Waals surface area contributed by atoms with Gasteiger partial charge < -0.3 is 19.7 Å². The monoisotopic (exact) mass is 525 g/mol. The summed E-state index contributed by atoms with van der Waals surface area (Å²) in [6.45, 7) is 4.08. The van der Waals surface area contributed by atoms with Crippen LogP contribution < -0.4 is 14.8 Å². The number of nitrogens with one attached hydrogen (secondary N) is 1. The van der Waals surface area contributed by atoms with Crippen molar-refractivity contribution in [3.05, 3.63) is 94.0 Å². The van der Waals surface area contributed by atoms with Crippen molar-refractivity contribution in [1.29, 1.82) is 0 Å². The zero-order valence-corrected chi connectivity index (χ0v) is 22.6. The first-order valence-corrected chi connectivity index (χ1v) is 13.8. The minimum atomic E-state index is -0.541. The summed E-state index contributed by atoms with van der Waals surface area (Å²) in [4.78, 5) is 32.0. The van der Waals surface area contributed by atoms with Crippen LogP contribution in [-0.4, -0.2) is 62.0 Å². The first-order chi connectivity index (χ1) is 19.1. The second kappa shape index (κ2) is 10.7. The van der Waals surface area contributed by atoms with Crippen LogP contribution in [0.15, 0.2) is 60.7 Å². The first kappa shape index (κ1) is 25.4. The molecule has 7 heteroatoms. The van der Waals surface area contributed by atoms with Crippen LogP contribution in [0.3, 0.4) is 0 Å². The number of hydrogen-bond acceptors (Lipinski definition) is 5. The summed E-state index contributed by atoms with van der Waals surface area (Å²) in [5, 5.41) is 3.22. The average Bonchev–Trinajstić information content (AvgIpc) is 2.98. The summed E-state index contributed by atoms with van der Waals surface area (Å²) in [5.74, 6) is 0.333. The van der Waals surface area contributed by atoms with Crippen LogP contribution in [0.25, 0.3) is 0 Å². The quantitative estimate of drug-likeness (QED) is 0.471. The molecule has 0 saturated carbocycles. The Labute approximate surface area is 229 Å². The van der Waals surface area contributed by atoms with E-state index < -0.39 is 5.92 Å². The molecule has 3 aromatic rings. The molecular weight excluding hydrogens is 490 g/mol. The van der Waals surface area contributed by atoms with Gasteiger partial charge in [0.2, 0.25) is 5.91 Å². The SMILES string of the molecule is COc1cc2c(cc1OC)[C@@H](C(=O)NCCCN1CCc3ccccc3C1)[C@H]1c3ccccc3CCN1C2=O. The number of carbonyl (C=O) groups is 2. The minimum absolute atomic E-state index is 0.0633. The number of hydrogen-bond donors (Lipinski definition) is 1. The summed E-state index contributed by atoms with van der Waals surface area (Å²) < 4.78 is 11.1. The molecule has 0 bridgehead atoms. The Hall–Kier alpha value is -3.84. The highest BCUT2D eigenvalue weighted by atomic mass is 16.5. The van der Waals surface area contributed by atoms with E-state index in [4.69, 9.17) is 9.47 Å². The lowest BCUT2D eigenvalue weighted by Crippen LogP contribution is -2.50. The van der Waals surface area contributed by atoms with E-state index in [1.807, 2.05) is 23.1 Å². The van der Waals surface area contributed by atoms with Crippen LogP contribution in [-0.2, 0) is 24.2 Å². The van der Waals surface area contributed by atoms with E-state index in [0.717, 1.165) is 44.5 Å². The number of fused-ring (bicyclic) bond motifs is 5. The molecule has 0 unspecified atom stereocenters. The van der Waals surface area contributed by atoms with Gasteiger partial charge in [-0.15, -0.1) is 0 Å². The summed E-state index contributed by atoms with van der Waals surface area (Å²) in [5.41, 5.74) is 6.29. The fourth-order valence-electron chi connectivity index (χ4n) is 6.50. The third-order valence-electron chi connectivity index (χ3n) is 8.47. The van der Waals surface area contributed by atoms with Gasteiger partial charge >= 0.3 is 0 Å². The largest absolute Gasteiger partial charge is 0.493 e. The van der Waals surface area contributed by atoms with Crippen LogP contribution in [0.2, 0.25) is 0 Å². The number of carbonyl (C=O) groups excluding carboxylic acids is 2. The van der Waals surface area contributed by atoms with Gasteiger partial charge in [-0.05, 0) is 59.2 Å². The molecule has 0 saturated heterocycles. The zero-order valence-electron chi connectivity index (χ0n) is 22.6. The summed E-state index contributed by atoms with van der Waals surface area (Å²) in [6.07, 6.45) is 2.70. The Kier molecular flexibility index (Phi) is 7.00. The molecular formula is C32H35N3O4. The van der Waals surface area contributed by atoms with E-state index in [0.29, 0.717) is 35.7 Å². The van der Waals surface area contributed by atoms with Gasteiger partial charge in [-0.25, -0.2) is 0 Å². The highest BCUT2D eigenvalue weighted by molar-refractivity contribution is 6.02. The van der Waals surface area contributed by atoms with Crippen molar-refractivity contribution in [2.24, 2.45) is 0 Å². The molecule has 39 heavy (non-hydrogen) atoms. The number of nitrogens with zero attached hydrogens (tertiary/aromatic N) is 2. The topological polar surface area (TPSA) is 71.1 Å². The lowest BCUT2D eigenvalue weighted by molar-refractivity contribution is -0.124. The second-order valence-corrected chi connectivity index (χ2v) is 10.6. The predicted octanol–water partition coefficient (Wildman–Crippen LogP) is 4.11. The summed E-state index contributed by atoms with van der Waals surface area (Å²) in [6, 6.07) is 20.0. The highest BCUT2D eigenvalue weighted by Gasteiger charge is 2.46. The van der Waals surface area contributed by atoms with Gasteiger partial charge in [-0.1, -0.05) is 48.5 Å². The standard InChI is InChI=1S/C32H35N3O4/c1-38-27-18-25-26(19-28(27)39-2)32(37)35-17-13-22-9-5-6-11-24(22)30(35)29(25)31(36)33-14-7-15-34-16-12-21-8-3-4-10-23(21)20-34/h3-6,8-11,18-19,29-30H,7,12-17,20H2,1-2H3,(H,33,36)/t29-,30-/m1/s1. The molecule has 3 heterocycles. The van der Waals surface area contributed by atoms with Gasteiger partial charge in [0.1, 0.15) is 0 Å². The Bertz CT molecular complexity index is 1400. The Morgan fingerprint density at radius 3 is 2.38 bits per heavy atom. The van der Waals surface area contributed by atoms with Gasteiger partial charge in [-0.2, -0.15) is 0 Å². The number of ether oxygens (including phenoxy) is 2. The van der Waals surface area contributed by atoms with E-state index in [1.54, 1.807) is 20.3 Å². The molecule has 7 nitrogen and oxygen atoms in total. The lowest BCUT2D eigenvalue weighted by Gasteiger charge is -2.45. The summed E-state index contributed by atoms with van der Waals surface area (Å²) in [7, 11) is 3.13. The number of rotatable bonds is 7. The molecule has 0 radical (unpaired) electrons. The van der Waals surface area contributed by atoms with Crippen LogP contribution in [0.5, 0.6) is 11.5 Å². The zero-order chi connectivity index (χ0) is 26.9. The summed E-state index contributed by atoms with van der Waals surface area (Å²) >= 11 is 0. The maximum absolute atomic E-state index is 14.0. The molecule has 1 N–H and O–H groups in total. The van der Waals surface area contributed by atoms with Crippen molar-refractivity contribution in [2.45, 2.75) is 37.8 Å². The van der Waals surface area contributed by atoms with E-state index >= 15 is 0 Å². The van der Waals surface area contributed by atoms with Crippen LogP contribution in [0, 0.1) is 0 Å². The molecule has 3 aliphatic rings. The molecule has 6 rings (SSSR count). The molecule has 0 spiro atoms. The van der Waals surface area contributed by atoms with Crippen molar-refractivity contribution < 1.29 is 19.1 Å². The van der Waals surface area contributed by atoms with Gasteiger partial charge in [0.25, 0.3) is 5.91 Å². The van der Waals surface area contributed by atoms with Crippen LogP contribution in [0.4, 0.5) is 0 Å². The first-order valence-electron chi connectivity index (χ1n) is 13.8. The van der Waals surface area contributed by atoms with Gasteiger partial charge in [0.15, 0.2) is 11.5 Å². The van der Waals surface area contributed by atoms with E-state index in [9.17, 15) is 9.59 Å². The molecule has 3 aromatic carbocycles. The Morgan fingerprint density at radius 1 is 0.897 bits per heavy atom. The molecule has 3 aliphatic heterocycles. The minimum Gasteiger partial charge on any atom is -0.493 e. The normalized spacial score (nSPS) is 19.8. The fraction of sp³-hybridized carbons (Fsp3) is 0.375. The smallest absolute Gasteiger partial charge is 0.254 e. The third kappa shape index (κ3) is 4.65. The molecule has 0 aromatic heterocycles. The maximum Gasteiger partial charge on any atom is 0.254 e. The van der Waals surface area contributed by atoms with Gasteiger partial charge in [0, 0.05) is 38.3 Å². The fourth-order valence-corrected chi connectivity index (χ4v) is 6.50. The van der Waals surface area contributed by atoms with Crippen LogP contribution in [0.1, 0.15) is 56.6 Å². The Morgan fingerprint density at radius 2 is 1.59 bits per heavy atom. The van der Waals surface area contributed by atoms with Crippen molar-refractivity contribution >= 4 is 11.8 Å². The number of methoxy groups -OCH3 is 2. The number of benzene rings is 3.